The van der Waals surface area contributed by atoms with Crippen molar-refractivity contribution < 1.29 is 5.11 Å². The average Bonchev–Trinajstić information content (AvgIpc) is 2.22. The van der Waals surface area contributed by atoms with Crippen LogP contribution in [-0.2, 0) is 0 Å². The van der Waals surface area contributed by atoms with Gasteiger partial charge in [0.2, 0.25) is 0 Å². The zero-order valence-corrected chi connectivity index (χ0v) is 10.1. The van der Waals surface area contributed by atoms with Crippen molar-refractivity contribution in [1.29, 1.82) is 0 Å². The van der Waals surface area contributed by atoms with Gasteiger partial charge in [-0.25, -0.2) is 0 Å². The molecular formula is C13H22N2O. The zero-order valence-electron chi connectivity index (χ0n) is 10.1. The van der Waals surface area contributed by atoms with Crippen molar-refractivity contribution in [3.8, 4) is 0 Å². The molecule has 2 rings (SSSR count). The molecule has 2 aliphatic carbocycles. The van der Waals surface area contributed by atoms with Crippen LogP contribution < -0.4 is 11.1 Å². The van der Waals surface area contributed by atoms with Gasteiger partial charge in [-0.15, -0.1) is 0 Å². The summed E-state index contributed by atoms with van der Waals surface area (Å²) < 4.78 is 0. The summed E-state index contributed by atoms with van der Waals surface area (Å²) in [5.41, 5.74) is 8.74. The molecule has 3 nitrogen and oxygen atoms in total. The Balaban J connectivity index is 2.27. The molecule has 3 heteroatoms. The first-order valence-corrected chi connectivity index (χ1v) is 6.20. The van der Waals surface area contributed by atoms with E-state index in [2.05, 4.69) is 25.2 Å². The third-order valence-corrected chi connectivity index (χ3v) is 3.42. The highest BCUT2D eigenvalue weighted by atomic mass is 16.3. The van der Waals surface area contributed by atoms with Crippen molar-refractivity contribution in [3.63, 3.8) is 0 Å². The summed E-state index contributed by atoms with van der Waals surface area (Å²) >= 11 is 0. The Morgan fingerprint density at radius 2 is 2.25 bits per heavy atom. The maximum Gasteiger partial charge on any atom is 0.0916 e. The summed E-state index contributed by atoms with van der Waals surface area (Å²) in [5.74, 6) is 0. The largest absolute Gasteiger partial charge is 0.387 e. The van der Waals surface area contributed by atoms with Crippen LogP contribution in [0.4, 0.5) is 0 Å². The molecule has 0 aromatic rings. The molecule has 16 heavy (non-hydrogen) atoms. The molecule has 0 aliphatic heterocycles. The van der Waals surface area contributed by atoms with Gasteiger partial charge in [0.25, 0.3) is 0 Å². The second-order valence-electron chi connectivity index (χ2n) is 5.13. The number of rotatable bonds is 2. The smallest absolute Gasteiger partial charge is 0.0916 e. The molecule has 4 N–H and O–H groups in total. The first kappa shape index (κ1) is 11.8. The molecule has 0 radical (unpaired) electrons. The van der Waals surface area contributed by atoms with E-state index in [1.807, 2.05) is 6.08 Å². The van der Waals surface area contributed by atoms with Gasteiger partial charge in [-0.2, -0.15) is 0 Å². The Morgan fingerprint density at radius 1 is 1.50 bits per heavy atom. The fraction of sp³-hybridized carbons (Fsp3) is 0.692. The van der Waals surface area contributed by atoms with Gasteiger partial charge in [0, 0.05) is 12.1 Å². The van der Waals surface area contributed by atoms with Gasteiger partial charge in [-0.05, 0) is 30.4 Å². The topological polar surface area (TPSA) is 58.3 Å². The van der Waals surface area contributed by atoms with E-state index < -0.39 is 6.10 Å². The molecule has 0 saturated heterocycles. The van der Waals surface area contributed by atoms with Crippen LogP contribution in [0.3, 0.4) is 0 Å². The maximum atomic E-state index is 10.0. The van der Waals surface area contributed by atoms with Crippen LogP contribution in [0.25, 0.3) is 0 Å². The standard InChI is InChI=1S/C13H22N2O/c1-8(2)15-13-11(16)7-6-9-4-3-5-10(14)12(9)13/h6-8,10-11,13,15-16H,3-5,14H2,1-2H3. The van der Waals surface area contributed by atoms with Crippen molar-refractivity contribution in [2.24, 2.45) is 5.73 Å². The van der Waals surface area contributed by atoms with Crippen LogP contribution in [0.1, 0.15) is 33.1 Å². The maximum absolute atomic E-state index is 10.0. The fourth-order valence-corrected chi connectivity index (χ4v) is 2.72. The monoisotopic (exact) mass is 222 g/mol. The first-order chi connectivity index (χ1) is 7.59. The van der Waals surface area contributed by atoms with Gasteiger partial charge in [0.1, 0.15) is 0 Å². The van der Waals surface area contributed by atoms with Crippen LogP contribution >= 0.6 is 0 Å². The average molecular weight is 222 g/mol. The molecule has 0 saturated carbocycles. The number of hydrogen-bond donors (Lipinski definition) is 3. The van der Waals surface area contributed by atoms with Crippen LogP contribution in [0.15, 0.2) is 23.3 Å². The number of nitrogens with two attached hydrogens (primary N) is 1. The Morgan fingerprint density at radius 3 is 2.94 bits per heavy atom. The highest BCUT2D eigenvalue weighted by Gasteiger charge is 2.32. The van der Waals surface area contributed by atoms with E-state index in [0.717, 1.165) is 19.3 Å². The zero-order chi connectivity index (χ0) is 11.7. The van der Waals surface area contributed by atoms with E-state index in [0.29, 0.717) is 6.04 Å². The summed E-state index contributed by atoms with van der Waals surface area (Å²) in [7, 11) is 0. The van der Waals surface area contributed by atoms with E-state index in [1.165, 1.54) is 11.1 Å². The molecule has 0 aromatic carbocycles. The van der Waals surface area contributed by atoms with Gasteiger partial charge in [0.05, 0.1) is 12.1 Å². The minimum Gasteiger partial charge on any atom is -0.387 e. The van der Waals surface area contributed by atoms with Crippen molar-refractivity contribution in [3.05, 3.63) is 23.3 Å². The van der Waals surface area contributed by atoms with Gasteiger partial charge in [0.15, 0.2) is 0 Å². The molecule has 0 aromatic heterocycles. The van der Waals surface area contributed by atoms with E-state index >= 15 is 0 Å². The molecule has 90 valence electrons. The quantitative estimate of drug-likeness (QED) is 0.655. The van der Waals surface area contributed by atoms with E-state index in [1.54, 1.807) is 0 Å². The first-order valence-electron chi connectivity index (χ1n) is 6.20. The van der Waals surface area contributed by atoms with Crippen molar-refractivity contribution >= 4 is 0 Å². The Kier molecular flexibility index (Phi) is 3.47. The molecule has 0 spiro atoms. The van der Waals surface area contributed by atoms with Crippen LogP contribution in [0, 0.1) is 0 Å². The van der Waals surface area contributed by atoms with E-state index in [4.69, 9.17) is 5.73 Å². The van der Waals surface area contributed by atoms with Crippen molar-refractivity contribution in [2.45, 2.75) is 57.3 Å². The summed E-state index contributed by atoms with van der Waals surface area (Å²) in [6.07, 6.45) is 6.80. The Labute approximate surface area is 97.4 Å². The van der Waals surface area contributed by atoms with Gasteiger partial charge >= 0.3 is 0 Å². The SMILES string of the molecule is CC(C)NC1C2=C(C=CC1O)CCCC2N. The molecule has 0 heterocycles. The number of hydrogen-bond acceptors (Lipinski definition) is 3. The van der Waals surface area contributed by atoms with Gasteiger partial charge < -0.3 is 16.2 Å². The molecule has 0 bridgehead atoms. The predicted octanol–water partition coefficient (Wildman–Crippen LogP) is 1.09. The second-order valence-corrected chi connectivity index (χ2v) is 5.13. The third kappa shape index (κ3) is 2.21. The van der Waals surface area contributed by atoms with Crippen molar-refractivity contribution in [2.75, 3.05) is 0 Å². The van der Waals surface area contributed by atoms with Crippen molar-refractivity contribution in [1.82, 2.24) is 5.32 Å². The lowest BCUT2D eigenvalue weighted by Crippen LogP contribution is -2.50. The minimum absolute atomic E-state index is 0.00954. The predicted molar refractivity (Wildman–Crippen MR) is 66.1 cm³/mol. The summed E-state index contributed by atoms with van der Waals surface area (Å²) in [4.78, 5) is 0. The third-order valence-electron chi connectivity index (χ3n) is 3.42. The summed E-state index contributed by atoms with van der Waals surface area (Å²) in [5, 5.41) is 13.5. The molecule has 3 unspecified atom stereocenters. The molecule has 0 fully saturated rings. The molecular weight excluding hydrogens is 200 g/mol. The number of nitrogens with one attached hydrogen (secondary N) is 1. The van der Waals surface area contributed by atoms with E-state index in [9.17, 15) is 5.11 Å². The fourth-order valence-electron chi connectivity index (χ4n) is 2.72. The Hall–Kier alpha value is -0.640. The molecule has 3 atom stereocenters. The number of allylic oxidation sites excluding steroid dienone is 2. The van der Waals surface area contributed by atoms with Crippen LogP contribution in [0.5, 0.6) is 0 Å². The van der Waals surface area contributed by atoms with Crippen LogP contribution in [-0.4, -0.2) is 29.3 Å². The Bertz CT molecular complexity index is 320. The lowest BCUT2D eigenvalue weighted by atomic mass is 9.79. The second kappa shape index (κ2) is 4.70. The lowest BCUT2D eigenvalue weighted by molar-refractivity contribution is 0.173. The highest BCUT2D eigenvalue weighted by Crippen LogP contribution is 2.31. The molecule has 0 amide bonds. The number of aliphatic hydroxyl groups excluding tert-OH is 1. The van der Waals surface area contributed by atoms with Gasteiger partial charge in [-0.1, -0.05) is 26.0 Å². The summed E-state index contributed by atoms with van der Waals surface area (Å²) in [6, 6.07) is 0.476. The van der Waals surface area contributed by atoms with Gasteiger partial charge in [-0.3, -0.25) is 0 Å². The van der Waals surface area contributed by atoms with Crippen LogP contribution in [0.2, 0.25) is 0 Å². The normalized spacial score (nSPS) is 34.4. The summed E-state index contributed by atoms with van der Waals surface area (Å²) in [6.45, 7) is 4.19. The lowest BCUT2D eigenvalue weighted by Gasteiger charge is -2.37. The minimum atomic E-state index is -0.440. The highest BCUT2D eigenvalue weighted by molar-refractivity contribution is 5.40. The molecule has 2 aliphatic rings. The number of aliphatic hydroxyl groups is 1. The van der Waals surface area contributed by atoms with E-state index in [-0.39, 0.29) is 12.1 Å².